The van der Waals surface area contributed by atoms with Gasteiger partial charge in [-0.15, -0.1) is 0 Å². The molecular weight excluding hydrogens is 328 g/mol. The summed E-state index contributed by atoms with van der Waals surface area (Å²) >= 11 is 0. The number of ether oxygens (including phenoxy) is 1. The molecule has 0 spiro atoms. The molecule has 1 aromatic carbocycles. The van der Waals surface area contributed by atoms with Gasteiger partial charge in [-0.05, 0) is 43.9 Å². The Morgan fingerprint density at radius 2 is 2.12 bits per heavy atom. The summed E-state index contributed by atoms with van der Waals surface area (Å²) in [6, 6.07) is 5.54. The van der Waals surface area contributed by atoms with E-state index < -0.39 is 10.0 Å². The van der Waals surface area contributed by atoms with Crippen LogP contribution in [0.25, 0.3) is 0 Å². The molecule has 1 atom stereocenters. The maximum absolute atomic E-state index is 12.1. The van der Waals surface area contributed by atoms with Crippen molar-refractivity contribution in [1.82, 2.24) is 5.32 Å². The highest BCUT2D eigenvalue weighted by Crippen LogP contribution is 2.25. The normalized spacial score (nSPS) is 17.7. The zero-order chi connectivity index (χ0) is 17.7. The van der Waals surface area contributed by atoms with E-state index in [9.17, 15) is 13.2 Å². The van der Waals surface area contributed by atoms with Crippen molar-refractivity contribution in [2.45, 2.75) is 39.2 Å². The zero-order valence-corrected chi connectivity index (χ0v) is 15.4. The van der Waals surface area contributed by atoms with Gasteiger partial charge < -0.3 is 10.1 Å². The van der Waals surface area contributed by atoms with Gasteiger partial charge in [-0.1, -0.05) is 12.1 Å². The summed E-state index contributed by atoms with van der Waals surface area (Å²) < 4.78 is 31.1. The summed E-state index contributed by atoms with van der Waals surface area (Å²) in [5, 5.41) is 2.82. The SMILES string of the molecule is Cc1cccc(N(CCC(=O)NCC2CCCO2)S(C)(=O)=O)c1C. The summed E-state index contributed by atoms with van der Waals surface area (Å²) in [6.07, 6.45) is 3.35. The average Bonchev–Trinajstić information content (AvgIpc) is 3.01. The van der Waals surface area contributed by atoms with Crippen LogP contribution in [0, 0.1) is 13.8 Å². The van der Waals surface area contributed by atoms with Gasteiger partial charge in [0.2, 0.25) is 15.9 Å². The van der Waals surface area contributed by atoms with Crippen LogP contribution in [-0.4, -0.2) is 46.4 Å². The Morgan fingerprint density at radius 1 is 1.38 bits per heavy atom. The van der Waals surface area contributed by atoms with Crippen molar-refractivity contribution in [2.75, 3.05) is 30.3 Å². The summed E-state index contributed by atoms with van der Waals surface area (Å²) in [6.45, 7) is 5.19. The van der Waals surface area contributed by atoms with Crippen LogP contribution in [0.4, 0.5) is 5.69 Å². The Balaban J connectivity index is 1.99. The van der Waals surface area contributed by atoms with Crippen LogP contribution in [0.15, 0.2) is 18.2 Å². The molecule has 6 nitrogen and oxygen atoms in total. The van der Waals surface area contributed by atoms with Crippen LogP contribution in [0.3, 0.4) is 0 Å². The molecule has 7 heteroatoms. The summed E-state index contributed by atoms with van der Waals surface area (Å²) in [5.74, 6) is -0.163. The number of benzene rings is 1. The third-order valence-corrected chi connectivity index (χ3v) is 5.52. The highest BCUT2D eigenvalue weighted by atomic mass is 32.2. The van der Waals surface area contributed by atoms with E-state index in [2.05, 4.69) is 5.32 Å². The molecule has 0 radical (unpaired) electrons. The zero-order valence-electron chi connectivity index (χ0n) is 14.5. The molecule has 0 aromatic heterocycles. The molecule has 0 aliphatic carbocycles. The maximum atomic E-state index is 12.1. The molecule has 1 amide bonds. The summed E-state index contributed by atoms with van der Waals surface area (Å²) in [4.78, 5) is 12.0. The number of rotatable bonds is 7. The summed E-state index contributed by atoms with van der Waals surface area (Å²) in [5.41, 5.74) is 2.55. The Bertz CT molecular complexity index is 682. The van der Waals surface area contributed by atoms with E-state index in [1.807, 2.05) is 26.0 Å². The molecular formula is C17H26N2O4S. The van der Waals surface area contributed by atoms with Crippen molar-refractivity contribution in [3.63, 3.8) is 0 Å². The first-order chi connectivity index (χ1) is 11.3. The van der Waals surface area contributed by atoms with Gasteiger partial charge in [0.1, 0.15) is 0 Å². The third kappa shape index (κ3) is 4.95. The molecule has 1 aliphatic rings. The number of anilines is 1. The van der Waals surface area contributed by atoms with Crippen molar-refractivity contribution in [1.29, 1.82) is 0 Å². The molecule has 0 saturated carbocycles. The highest BCUT2D eigenvalue weighted by Gasteiger charge is 2.21. The number of hydrogen-bond acceptors (Lipinski definition) is 4. The Kier molecular flexibility index (Phi) is 6.23. The van der Waals surface area contributed by atoms with Crippen LogP contribution in [0.5, 0.6) is 0 Å². The predicted octanol–water partition coefficient (Wildman–Crippen LogP) is 1.75. The van der Waals surface area contributed by atoms with E-state index in [4.69, 9.17) is 4.74 Å². The Labute approximate surface area is 144 Å². The fourth-order valence-electron chi connectivity index (χ4n) is 2.80. The number of hydrogen-bond donors (Lipinski definition) is 1. The van der Waals surface area contributed by atoms with E-state index in [0.29, 0.717) is 12.2 Å². The van der Waals surface area contributed by atoms with Gasteiger partial charge in [0, 0.05) is 26.1 Å². The van der Waals surface area contributed by atoms with Crippen molar-refractivity contribution in [3.8, 4) is 0 Å². The highest BCUT2D eigenvalue weighted by molar-refractivity contribution is 7.92. The van der Waals surface area contributed by atoms with E-state index in [1.165, 1.54) is 10.6 Å². The molecule has 24 heavy (non-hydrogen) atoms. The van der Waals surface area contributed by atoms with Gasteiger partial charge in [-0.2, -0.15) is 0 Å². The maximum Gasteiger partial charge on any atom is 0.232 e. The first-order valence-corrected chi connectivity index (χ1v) is 10.1. The lowest BCUT2D eigenvalue weighted by atomic mass is 10.1. The topological polar surface area (TPSA) is 75.7 Å². The number of aryl methyl sites for hydroxylation is 1. The second-order valence-electron chi connectivity index (χ2n) is 6.24. The molecule has 1 unspecified atom stereocenters. The third-order valence-electron chi connectivity index (χ3n) is 4.34. The van der Waals surface area contributed by atoms with E-state index >= 15 is 0 Å². The minimum atomic E-state index is -3.45. The van der Waals surface area contributed by atoms with E-state index in [1.54, 1.807) is 6.07 Å². The molecule has 1 fully saturated rings. The van der Waals surface area contributed by atoms with Crippen molar-refractivity contribution < 1.29 is 17.9 Å². The molecule has 1 aromatic rings. The number of carbonyl (C=O) groups is 1. The first-order valence-electron chi connectivity index (χ1n) is 8.21. The number of carbonyl (C=O) groups excluding carboxylic acids is 1. The van der Waals surface area contributed by atoms with Crippen LogP contribution in [-0.2, 0) is 19.6 Å². The van der Waals surface area contributed by atoms with Gasteiger partial charge in [0.15, 0.2) is 0 Å². The average molecular weight is 354 g/mol. The minimum Gasteiger partial charge on any atom is -0.376 e. The second kappa shape index (κ2) is 7.98. The van der Waals surface area contributed by atoms with E-state index in [-0.39, 0.29) is 25.0 Å². The standard InChI is InChI=1S/C17H26N2O4S/c1-13-6-4-8-16(14(13)2)19(24(3,21)22)10-9-17(20)18-12-15-7-5-11-23-15/h4,6,8,15H,5,7,9-12H2,1-3H3,(H,18,20). The van der Waals surface area contributed by atoms with Crippen LogP contribution >= 0.6 is 0 Å². The minimum absolute atomic E-state index is 0.0824. The number of nitrogens with zero attached hydrogens (tertiary/aromatic N) is 1. The Hall–Kier alpha value is -1.60. The van der Waals surface area contributed by atoms with Gasteiger partial charge in [-0.25, -0.2) is 8.42 Å². The quantitative estimate of drug-likeness (QED) is 0.809. The lowest BCUT2D eigenvalue weighted by molar-refractivity contribution is -0.121. The smallest absolute Gasteiger partial charge is 0.232 e. The molecule has 1 N–H and O–H groups in total. The van der Waals surface area contributed by atoms with E-state index in [0.717, 1.165) is 30.6 Å². The largest absolute Gasteiger partial charge is 0.376 e. The number of nitrogens with one attached hydrogen (secondary N) is 1. The second-order valence-corrected chi connectivity index (χ2v) is 8.15. The molecule has 1 heterocycles. The van der Waals surface area contributed by atoms with Gasteiger partial charge in [0.25, 0.3) is 0 Å². The fraction of sp³-hybridized carbons (Fsp3) is 0.588. The molecule has 134 valence electrons. The Morgan fingerprint density at radius 3 is 2.75 bits per heavy atom. The number of amides is 1. The lowest BCUT2D eigenvalue weighted by Gasteiger charge is -2.24. The molecule has 1 saturated heterocycles. The van der Waals surface area contributed by atoms with Gasteiger partial charge in [0.05, 0.1) is 18.0 Å². The van der Waals surface area contributed by atoms with Crippen LogP contribution in [0.1, 0.15) is 30.4 Å². The number of sulfonamides is 1. The lowest BCUT2D eigenvalue weighted by Crippen LogP contribution is -2.37. The van der Waals surface area contributed by atoms with Crippen LogP contribution < -0.4 is 9.62 Å². The monoisotopic (exact) mass is 354 g/mol. The summed E-state index contributed by atoms with van der Waals surface area (Å²) in [7, 11) is -3.45. The van der Waals surface area contributed by atoms with Crippen molar-refractivity contribution >= 4 is 21.6 Å². The van der Waals surface area contributed by atoms with Gasteiger partial charge in [-0.3, -0.25) is 9.10 Å². The van der Waals surface area contributed by atoms with Crippen molar-refractivity contribution in [2.24, 2.45) is 0 Å². The molecule has 0 bridgehead atoms. The van der Waals surface area contributed by atoms with Crippen LogP contribution in [0.2, 0.25) is 0 Å². The predicted molar refractivity (Wildman–Crippen MR) is 94.7 cm³/mol. The first kappa shape index (κ1) is 18.7. The molecule has 2 rings (SSSR count). The fourth-order valence-corrected chi connectivity index (χ4v) is 3.77. The molecule has 1 aliphatic heterocycles. The van der Waals surface area contributed by atoms with Gasteiger partial charge >= 0.3 is 0 Å². The van der Waals surface area contributed by atoms with Crippen molar-refractivity contribution in [3.05, 3.63) is 29.3 Å².